The van der Waals surface area contributed by atoms with Crippen molar-refractivity contribution in [3.63, 3.8) is 0 Å². The molecule has 2 N–H and O–H groups in total. The van der Waals surface area contributed by atoms with Gasteiger partial charge in [0.25, 0.3) is 0 Å². The number of amides is 1. The quantitative estimate of drug-likeness (QED) is 0.684. The van der Waals surface area contributed by atoms with Crippen LogP contribution in [0.2, 0.25) is 5.02 Å². The Morgan fingerprint density at radius 2 is 2.04 bits per heavy atom. The van der Waals surface area contributed by atoms with Gasteiger partial charge in [-0.25, -0.2) is 4.68 Å². The molecule has 1 aliphatic rings. The topological polar surface area (TPSA) is 80.0 Å². The molecule has 1 heterocycles. The van der Waals surface area contributed by atoms with Crippen molar-refractivity contribution < 1.29 is 9.90 Å². The van der Waals surface area contributed by atoms with E-state index in [1.165, 1.54) is 19.8 Å². The predicted molar refractivity (Wildman–Crippen MR) is 104 cm³/mol. The monoisotopic (exact) mass is 384 g/mol. The van der Waals surface area contributed by atoms with Gasteiger partial charge >= 0.3 is 0 Å². The van der Waals surface area contributed by atoms with Crippen molar-refractivity contribution in [1.82, 2.24) is 20.3 Å². The summed E-state index contributed by atoms with van der Waals surface area (Å²) in [5.74, 6) is 0.331. The number of aliphatic hydroxyl groups excluding tert-OH is 1. The third-order valence-electron chi connectivity index (χ3n) is 4.86. The maximum absolute atomic E-state index is 11.5. The van der Waals surface area contributed by atoms with Gasteiger partial charge in [0.15, 0.2) is 0 Å². The normalized spacial score (nSPS) is 15.1. The molecule has 2 aromatic carbocycles. The van der Waals surface area contributed by atoms with E-state index in [-0.39, 0.29) is 5.91 Å². The molecule has 0 bridgehead atoms. The molecule has 1 amide bonds. The first kappa shape index (κ1) is 17.9. The molecule has 27 heavy (non-hydrogen) atoms. The molecule has 0 radical (unpaired) electrons. The molecule has 7 heteroatoms. The van der Waals surface area contributed by atoms with Crippen LogP contribution < -0.4 is 5.32 Å². The number of nitrogens with one attached hydrogen (secondary N) is 1. The van der Waals surface area contributed by atoms with E-state index in [1.54, 1.807) is 0 Å². The van der Waals surface area contributed by atoms with Gasteiger partial charge < -0.3 is 10.4 Å². The number of fused-ring (bicyclic) bond motifs is 1. The van der Waals surface area contributed by atoms with Gasteiger partial charge in [-0.1, -0.05) is 47.1 Å². The third-order valence-corrected chi connectivity index (χ3v) is 5.25. The van der Waals surface area contributed by atoms with Crippen LogP contribution in [0.1, 0.15) is 25.3 Å². The standard InChI is InChI=1S/C20H21ClN4O2/c1-12(26)20(27)22-10-13-4-6-15(7-5-13)16-8-9-17-19(18(16)21)23-24-25(17)11-14-2-3-14/h4-9,12,14,26H,2-3,10-11H2,1H3,(H,22,27)/t12-/m1/s1. The number of hydrogen-bond donors (Lipinski definition) is 2. The number of carbonyl (C=O) groups excluding carboxylic acids is 1. The van der Waals surface area contributed by atoms with Crippen LogP contribution in [0.3, 0.4) is 0 Å². The van der Waals surface area contributed by atoms with Gasteiger partial charge in [0.2, 0.25) is 5.91 Å². The minimum Gasteiger partial charge on any atom is -0.384 e. The lowest BCUT2D eigenvalue weighted by molar-refractivity contribution is -0.128. The van der Waals surface area contributed by atoms with Gasteiger partial charge in [-0.15, -0.1) is 5.10 Å². The first-order valence-electron chi connectivity index (χ1n) is 9.09. The van der Waals surface area contributed by atoms with Crippen molar-refractivity contribution >= 4 is 28.5 Å². The largest absolute Gasteiger partial charge is 0.384 e. The fourth-order valence-electron chi connectivity index (χ4n) is 3.05. The van der Waals surface area contributed by atoms with Gasteiger partial charge in [0, 0.05) is 18.7 Å². The van der Waals surface area contributed by atoms with Crippen LogP contribution in [0, 0.1) is 5.92 Å². The maximum atomic E-state index is 11.5. The summed E-state index contributed by atoms with van der Waals surface area (Å²) in [4.78, 5) is 11.5. The first-order chi connectivity index (χ1) is 13.0. The van der Waals surface area contributed by atoms with Crippen LogP contribution in [0.4, 0.5) is 0 Å². The number of benzene rings is 2. The maximum Gasteiger partial charge on any atom is 0.248 e. The third kappa shape index (κ3) is 3.82. The Morgan fingerprint density at radius 3 is 2.70 bits per heavy atom. The molecular formula is C20H21ClN4O2. The number of aromatic nitrogens is 3. The molecule has 140 valence electrons. The lowest BCUT2D eigenvalue weighted by atomic mass is 10.0. The Labute approximate surface area is 162 Å². The molecule has 3 aromatic rings. The van der Waals surface area contributed by atoms with Crippen LogP contribution in [0.15, 0.2) is 36.4 Å². The number of nitrogens with zero attached hydrogens (tertiary/aromatic N) is 3. The van der Waals surface area contributed by atoms with Crippen LogP contribution in [0.5, 0.6) is 0 Å². The molecule has 1 aliphatic carbocycles. The van der Waals surface area contributed by atoms with Gasteiger partial charge in [-0.05, 0) is 42.9 Å². The van der Waals surface area contributed by atoms with Crippen molar-refractivity contribution in [1.29, 1.82) is 0 Å². The number of halogens is 1. The Kier molecular flexibility index (Phi) is 4.85. The first-order valence-corrected chi connectivity index (χ1v) is 9.47. The van der Waals surface area contributed by atoms with Crippen molar-refractivity contribution in [3.8, 4) is 11.1 Å². The molecule has 0 unspecified atom stereocenters. The van der Waals surface area contributed by atoms with E-state index in [1.807, 2.05) is 41.1 Å². The molecule has 0 spiro atoms. The summed E-state index contributed by atoms with van der Waals surface area (Å²) in [6.07, 6.45) is 1.51. The zero-order valence-electron chi connectivity index (χ0n) is 15.0. The molecular weight excluding hydrogens is 364 g/mol. The van der Waals surface area contributed by atoms with E-state index in [4.69, 9.17) is 11.6 Å². The lowest BCUT2D eigenvalue weighted by Gasteiger charge is -2.09. The van der Waals surface area contributed by atoms with E-state index in [0.717, 1.165) is 40.2 Å². The Morgan fingerprint density at radius 1 is 1.30 bits per heavy atom. The van der Waals surface area contributed by atoms with Crippen LogP contribution >= 0.6 is 11.6 Å². The van der Waals surface area contributed by atoms with Crippen molar-refractivity contribution in [2.75, 3.05) is 0 Å². The summed E-state index contributed by atoms with van der Waals surface area (Å²) in [5.41, 5.74) is 4.52. The molecule has 4 rings (SSSR count). The van der Waals surface area contributed by atoms with E-state index >= 15 is 0 Å². The summed E-state index contributed by atoms with van der Waals surface area (Å²) in [6.45, 7) is 2.71. The van der Waals surface area contributed by atoms with E-state index < -0.39 is 6.10 Å². The second-order valence-electron chi connectivity index (χ2n) is 7.10. The Bertz CT molecular complexity index is 978. The van der Waals surface area contributed by atoms with E-state index in [9.17, 15) is 9.90 Å². The number of hydrogen-bond acceptors (Lipinski definition) is 4. The van der Waals surface area contributed by atoms with Gasteiger partial charge in [-0.3, -0.25) is 4.79 Å². The number of aliphatic hydroxyl groups is 1. The summed E-state index contributed by atoms with van der Waals surface area (Å²) >= 11 is 6.62. The summed E-state index contributed by atoms with van der Waals surface area (Å²) in [5, 5.41) is 21.0. The van der Waals surface area contributed by atoms with Gasteiger partial charge in [0.1, 0.15) is 11.6 Å². The molecule has 1 fully saturated rings. The average molecular weight is 385 g/mol. The molecule has 6 nitrogen and oxygen atoms in total. The van der Waals surface area contributed by atoms with Crippen molar-refractivity contribution in [2.45, 2.75) is 39.0 Å². The highest BCUT2D eigenvalue weighted by atomic mass is 35.5. The SMILES string of the molecule is C[C@@H](O)C(=O)NCc1ccc(-c2ccc3c(nnn3CC3CC3)c2Cl)cc1. The highest BCUT2D eigenvalue weighted by Crippen LogP contribution is 2.35. The molecule has 0 saturated heterocycles. The fraction of sp³-hybridized carbons (Fsp3) is 0.350. The minimum atomic E-state index is -1.01. The molecule has 0 aliphatic heterocycles. The zero-order valence-corrected chi connectivity index (χ0v) is 15.8. The molecule has 1 saturated carbocycles. The minimum absolute atomic E-state index is 0.367. The van der Waals surface area contributed by atoms with Crippen molar-refractivity contribution in [3.05, 3.63) is 47.0 Å². The Hall–Kier alpha value is -2.44. The smallest absolute Gasteiger partial charge is 0.248 e. The molecule has 1 aromatic heterocycles. The highest BCUT2D eigenvalue weighted by Gasteiger charge is 2.23. The Balaban J connectivity index is 1.55. The van der Waals surface area contributed by atoms with Crippen molar-refractivity contribution in [2.24, 2.45) is 5.92 Å². The second kappa shape index (κ2) is 7.29. The van der Waals surface area contributed by atoms with Gasteiger partial charge in [-0.2, -0.15) is 0 Å². The van der Waals surface area contributed by atoms with Crippen LogP contribution in [-0.4, -0.2) is 32.1 Å². The second-order valence-corrected chi connectivity index (χ2v) is 7.48. The molecule has 1 atom stereocenters. The summed E-state index contributed by atoms with van der Waals surface area (Å²) in [6, 6.07) is 11.8. The average Bonchev–Trinajstić information content (AvgIpc) is 3.39. The lowest BCUT2D eigenvalue weighted by Crippen LogP contribution is -2.31. The van der Waals surface area contributed by atoms with E-state index in [0.29, 0.717) is 11.6 Å². The van der Waals surface area contributed by atoms with Gasteiger partial charge in [0.05, 0.1) is 10.5 Å². The van der Waals surface area contributed by atoms with Crippen LogP contribution in [-0.2, 0) is 17.9 Å². The summed E-state index contributed by atoms with van der Waals surface area (Å²) < 4.78 is 1.94. The zero-order chi connectivity index (χ0) is 19.0. The van der Waals surface area contributed by atoms with E-state index in [2.05, 4.69) is 15.6 Å². The predicted octanol–water partition coefficient (Wildman–Crippen LogP) is 3.16. The highest BCUT2D eigenvalue weighted by molar-refractivity contribution is 6.37. The number of rotatable bonds is 6. The van der Waals surface area contributed by atoms with Crippen LogP contribution in [0.25, 0.3) is 22.2 Å². The summed E-state index contributed by atoms with van der Waals surface area (Å²) in [7, 11) is 0. The fourth-order valence-corrected chi connectivity index (χ4v) is 3.35. The number of carbonyl (C=O) groups is 1.